The van der Waals surface area contributed by atoms with Gasteiger partial charge in [0, 0.05) is 6.61 Å². The largest absolute Gasteiger partial charge is 0.455 e. The molecule has 0 aromatic heterocycles. The van der Waals surface area contributed by atoms with Gasteiger partial charge in [0.2, 0.25) is 0 Å². The first-order valence-corrected chi connectivity index (χ1v) is 13.4. The highest BCUT2D eigenvalue weighted by Crippen LogP contribution is 2.24. The van der Waals surface area contributed by atoms with Gasteiger partial charge in [0.25, 0.3) is 0 Å². The Kier molecular flexibility index (Phi) is 16.4. The molecule has 20 heavy (non-hydrogen) atoms. The van der Waals surface area contributed by atoms with Crippen molar-refractivity contribution in [1.82, 2.24) is 0 Å². The second-order valence-corrected chi connectivity index (χ2v) is 15.0. The Morgan fingerprint density at radius 2 is 1.35 bits per heavy atom. The number of hydrogen-bond acceptors (Lipinski definition) is 3. The SMILES string of the molecule is C.C.CCCC[Si](C)(C)O[Si](C)(C)CCCOCCO. The summed E-state index contributed by atoms with van der Waals surface area (Å²) < 4.78 is 11.8. The van der Waals surface area contributed by atoms with Crippen LogP contribution >= 0.6 is 0 Å². The van der Waals surface area contributed by atoms with Gasteiger partial charge < -0.3 is 14.0 Å². The first kappa shape index (κ1) is 25.3. The molecule has 0 aliphatic carbocycles. The molecule has 0 bridgehead atoms. The molecular formula is C15H40O3Si2. The minimum absolute atomic E-state index is 0. The van der Waals surface area contributed by atoms with E-state index in [-0.39, 0.29) is 21.5 Å². The fraction of sp³-hybridized carbons (Fsp3) is 1.00. The number of aliphatic hydroxyl groups excluding tert-OH is 1. The summed E-state index contributed by atoms with van der Waals surface area (Å²) in [5.74, 6) is 0. The van der Waals surface area contributed by atoms with Crippen LogP contribution in [0.1, 0.15) is 41.0 Å². The van der Waals surface area contributed by atoms with Crippen LogP contribution in [-0.4, -0.2) is 41.6 Å². The molecule has 0 spiro atoms. The molecule has 0 saturated carbocycles. The van der Waals surface area contributed by atoms with Crippen molar-refractivity contribution in [3.63, 3.8) is 0 Å². The van der Waals surface area contributed by atoms with E-state index in [1.807, 2.05) is 0 Å². The molecule has 0 aromatic rings. The Morgan fingerprint density at radius 1 is 0.850 bits per heavy atom. The van der Waals surface area contributed by atoms with Gasteiger partial charge in [-0.05, 0) is 44.7 Å². The Labute approximate surface area is 130 Å². The molecule has 0 fully saturated rings. The maximum atomic E-state index is 8.63. The summed E-state index contributed by atoms with van der Waals surface area (Å²) >= 11 is 0. The van der Waals surface area contributed by atoms with Crippen LogP contribution in [0, 0.1) is 0 Å². The lowest BCUT2D eigenvalue weighted by Gasteiger charge is -2.34. The molecule has 0 heterocycles. The fourth-order valence-electron chi connectivity index (χ4n) is 2.22. The molecule has 0 rings (SSSR count). The topological polar surface area (TPSA) is 38.7 Å². The highest BCUT2D eigenvalue weighted by molar-refractivity contribution is 6.84. The average molecular weight is 325 g/mol. The van der Waals surface area contributed by atoms with Crippen LogP contribution < -0.4 is 0 Å². The van der Waals surface area contributed by atoms with Crippen LogP contribution in [0.2, 0.25) is 38.3 Å². The summed E-state index contributed by atoms with van der Waals surface area (Å²) in [5, 5.41) is 8.63. The van der Waals surface area contributed by atoms with E-state index in [2.05, 4.69) is 33.1 Å². The number of ether oxygens (including phenoxy) is 1. The van der Waals surface area contributed by atoms with Crippen LogP contribution in [0.3, 0.4) is 0 Å². The van der Waals surface area contributed by atoms with Crippen LogP contribution in [0.25, 0.3) is 0 Å². The second-order valence-electron chi connectivity index (χ2n) is 6.16. The molecule has 0 unspecified atom stereocenters. The molecular weight excluding hydrogens is 284 g/mol. The third-order valence-corrected chi connectivity index (χ3v) is 10.5. The minimum atomic E-state index is -1.53. The number of aliphatic hydroxyl groups is 1. The van der Waals surface area contributed by atoms with E-state index in [4.69, 9.17) is 14.0 Å². The van der Waals surface area contributed by atoms with E-state index in [1.165, 1.54) is 18.9 Å². The lowest BCUT2D eigenvalue weighted by Crippen LogP contribution is -2.44. The average Bonchev–Trinajstić information content (AvgIpc) is 2.24. The van der Waals surface area contributed by atoms with Crippen LogP contribution in [0.5, 0.6) is 0 Å². The fourth-order valence-corrected chi connectivity index (χ4v) is 11.2. The summed E-state index contributed by atoms with van der Waals surface area (Å²) in [5.41, 5.74) is 0. The maximum Gasteiger partial charge on any atom is 0.173 e. The predicted octanol–water partition coefficient (Wildman–Crippen LogP) is 4.88. The van der Waals surface area contributed by atoms with Crippen molar-refractivity contribution in [2.75, 3.05) is 19.8 Å². The summed E-state index contributed by atoms with van der Waals surface area (Å²) in [7, 11) is -2.98. The van der Waals surface area contributed by atoms with E-state index in [0.29, 0.717) is 6.61 Å². The van der Waals surface area contributed by atoms with E-state index >= 15 is 0 Å². The van der Waals surface area contributed by atoms with Gasteiger partial charge in [-0.15, -0.1) is 0 Å². The normalized spacial score (nSPS) is 11.7. The predicted molar refractivity (Wildman–Crippen MR) is 96.6 cm³/mol. The van der Waals surface area contributed by atoms with Crippen LogP contribution in [0.15, 0.2) is 0 Å². The minimum Gasteiger partial charge on any atom is -0.455 e. The molecule has 0 amide bonds. The number of rotatable bonds is 11. The molecule has 0 atom stereocenters. The van der Waals surface area contributed by atoms with Crippen molar-refractivity contribution in [3.8, 4) is 0 Å². The van der Waals surface area contributed by atoms with Crippen molar-refractivity contribution < 1.29 is 14.0 Å². The maximum absolute atomic E-state index is 8.63. The third-order valence-electron chi connectivity index (χ3n) is 2.99. The Bertz CT molecular complexity index is 209. The summed E-state index contributed by atoms with van der Waals surface area (Å²) in [6.45, 7) is 12.9. The van der Waals surface area contributed by atoms with Gasteiger partial charge in [-0.2, -0.15) is 0 Å². The van der Waals surface area contributed by atoms with Gasteiger partial charge in [-0.3, -0.25) is 0 Å². The van der Waals surface area contributed by atoms with Crippen molar-refractivity contribution in [2.45, 2.75) is 79.3 Å². The van der Waals surface area contributed by atoms with Crippen LogP contribution in [-0.2, 0) is 8.85 Å². The molecule has 0 aliphatic rings. The summed E-state index contributed by atoms with van der Waals surface area (Å²) in [4.78, 5) is 0. The summed E-state index contributed by atoms with van der Waals surface area (Å²) in [6, 6.07) is 2.43. The van der Waals surface area contributed by atoms with E-state index in [0.717, 1.165) is 19.1 Å². The molecule has 0 aromatic carbocycles. The zero-order valence-corrected chi connectivity index (χ0v) is 14.9. The zero-order valence-electron chi connectivity index (χ0n) is 12.9. The van der Waals surface area contributed by atoms with Gasteiger partial charge in [0.15, 0.2) is 16.6 Å². The van der Waals surface area contributed by atoms with E-state index in [9.17, 15) is 0 Å². The van der Waals surface area contributed by atoms with Gasteiger partial charge in [0.1, 0.15) is 0 Å². The first-order valence-electron chi connectivity index (χ1n) is 7.22. The highest BCUT2D eigenvalue weighted by Gasteiger charge is 2.31. The van der Waals surface area contributed by atoms with E-state index in [1.54, 1.807) is 0 Å². The third kappa shape index (κ3) is 14.7. The second kappa shape index (κ2) is 13.0. The van der Waals surface area contributed by atoms with Crippen LogP contribution in [0.4, 0.5) is 0 Å². The lowest BCUT2D eigenvalue weighted by atomic mass is 10.4. The first-order chi connectivity index (χ1) is 8.33. The molecule has 5 heteroatoms. The van der Waals surface area contributed by atoms with Gasteiger partial charge in [-0.1, -0.05) is 34.6 Å². The molecule has 1 N–H and O–H groups in total. The molecule has 0 aliphatic heterocycles. The van der Waals surface area contributed by atoms with Gasteiger partial charge >= 0.3 is 0 Å². The van der Waals surface area contributed by atoms with Crippen molar-refractivity contribution in [3.05, 3.63) is 0 Å². The van der Waals surface area contributed by atoms with Crippen molar-refractivity contribution >= 4 is 16.6 Å². The molecule has 3 nitrogen and oxygen atoms in total. The summed E-state index contributed by atoms with van der Waals surface area (Å²) in [6.07, 6.45) is 3.61. The smallest absolute Gasteiger partial charge is 0.173 e. The van der Waals surface area contributed by atoms with Gasteiger partial charge in [0.05, 0.1) is 13.2 Å². The Hall–Kier alpha value is 0.314. The molecule has 0 saturated heterocycles. The number of unbranched alkanes of at least 4 members (excludes halogenated alkanes) is 1. The highest BCUT2D eigenvalue weighted by atomic mass is 28.4. The lowest BCUT2D eigenvalue weighted by molar-refractivity contribution is 0.0924. The molecule has 0 radical (unpaired) electrons. The zero-order chi connectivity index (χ0) is 14.1. The monoisotopic (exact) mass is 324 g/mol. The van der Waals surface area contributed by atoms with Crippen molar-refractivity contribution in [1.29, 1.82) is 0 Å². The van der Waals surface area contributed by atoms with Crippen molar-refractivity contribution in [2.24, 2.45) is 0 Å². The Balaban J connectivity index is -0.00000144. The quantitative estimate of drug-likeness (QED) is 0.434. The molecule has 126 valence electrons. The van der Waals surface area contributed by atoms with E-state index < -0.39 is 16.6 Å². The Morgan fingerprint density at radius 3 is 1.80 bits per heavy atom. The number of hydrogen-bond donors (Lipinski definition) is 1. The standard InChI is InChI=1S/C13H32O3Si2.2CH4/c1-6-7-12-17(2,3)16-18(4,5)13-8-10-15-11-9-14;;/h14H,6-13H2,1-5H3;2*1H4. The van der Waals surface area contributed by atoms with Gasteiger partial charge in [-0.25, -0.2) is 0 Å².